The Balaban J connectivity index is 1.84. The van der Waals surface area contributed by atoms with Gasteiger partial charge in [0.25, 0.3) is 5.91 Å². The van der Waals surface area contributed by atoms with E-state index in [0.717, 1.165) is 5.56 Å². The minimum atomic E-state index is -0.264. The van der Waals surface area contributed by atoms with Crippen molar-refractivity contribution in [2.75, 3.05) is 5.75 Å². The van der Waals surface area contributed by atoms with Crippen LogP contribution in [0.3, 0.4) is 0 Å². The molecule has 86 valence electrons. The van der Waals surface area contributed by atoms with E-state index in [1.165, 1.54) is 28.6 Å². The second-order valence-corrected chi connectivity index (χ2v) is 4.65. The summed E-state index contributed by atoms with van der Waals surface area (Å²) >= 11 is 1.39. The summed E-state index contributed by atoms with van der Waals surface area (Å²) in [5.74, 6) is 0.696. The third-order valence-corrected chi connectivity index (χ3v) is 3.37. The lowest BCUT2D eigenvalue weighted by atomic mass is 10.1. The van der Waals surface area contributed by atoms with E-state index >= 15 is 0 Å². The second-order valence-electron chi connectivity index (χ2n) is 3.71. The van der Waals surface area contributed by atoms with Crippen LogP contribution in [0.25, 0.3) is 0 Å². The summed E-state index contributed by atoms with van der Waals surface area (Å²) in [6.07, 6.45) is 0.508. The number of carbonyl (C=O) groups is 1. The normalized spacial score (nSPS) is 14.1. The number of hydrogen-bond donors (Lipinski definition) is 0. The van der Waals surface area contributed by atoms with Crippen LogP contribution in [-0.2, 0) is 6.42 Å². The lowest BCUT2D eigenvalue weighted by molar-refractivity contribution is 0.0923. The lowest BCUT2D eigenvalue weighted by Gasteiger charge is -1.96. The molecule has 6 heteroatoms. The highest BCUT2D eigenvalue weighted by atomic mass is 32.2. The molecule has 0 amide bonds. The van der Waals surface area contributed by atoms with Gasteiger partial charge in [0.15, 0.2) is 11.0 Å². The molecule has 1 aliphatic rings. The lowest BCUT2D eigenvalue weighted by Crippen LogP contribution is -2.09. The van der Waals surface area contributed by atoms with Crippen molar-refractivity contribution in [2.24, 2.45) is 0 Å². The quantitative estimate of drug-likeness (QED) is 0.813. The van der Waals surface area contributed by atoms with Crippen LogP contribution in [0.5, 0.6) is 0 Å². The van der Waals surface area contributed by atoms with E-state index in [-0.39, 0.29) is 11.7 Å². The highest BCUT2D eigenvalue weighted by Gasteiger charge is 2.23. The fourth-order valence-electron chi connectivity index (χ4n) is 1.64. The van der Waals surface area contributed by atoms with E-state index in [0.29, 0.717) is 23.2 Å². The fraction of sp³-hybridized carbons (Fsp3) is 0.182. The van der Waals surface area contributed by atoms with Crippen LogP contribution in [0, 0.1) is 5.82 Å². The van der Waals surface area contributed by atoms with Crippen molar-refractivity contribution < 1.29 is 9.18 Å². The van der Waals surface area contributed by atoms with Gasteiger partial charge in [-0.15, -0.1) is 5.10 Å². The smallest absolute Gasteiger partial charge is 0.259 e. The van der Waals surface area contributed by atoms with Gasteiger partial charge in [-0.25, -0.2) is 9.37 Å². The highest BCUT2D eigenvalue weighted by molar-refractivity contribution is 8.00. The molecule has 17 heavy (non-hydrogen) atoms. The molecule has 0 atom stereocenters. The summed E-state index contributed by atoms with van der Waals surface area (Å²) in [4.78, 5) is 15.6. The molecule has 3 rings (SSSR count). The van der Waals surface area contributed by atoms with E-state index in [9.17, 15) is 9.18 Å². The van der Waals surface area contributed by atoms with Crippen molar-refractivity contribution >= 4 is 17.7 Å². The van der Waals surface area contributed by atoms with Gasteiger partial charge in [0.05, 0.1) is 5.75 Å². The van der Waals surface area contributed by atoms with Gasteiger partial charge < -0.3 is 0 Å². The molecule has 4 nitrogen and oxygen atoms in total. The van der Waals surface area contributed by atoms with Crippen molar-refractivity contribution in [2.45, 2.75) is 11.6 Å². The first-order chi connectivity index (χ1) is 8.22. The maximum absolute atomic E-state index is 12.7. The zero-order valence-corrected chi connectivity index (χ0v) is 9.58. The Morgan fingerprint density at radius 3 is 2.82 bits per heavy atom. The molecule has 1 aromatic heterocycles. The van der Waals surface area contributed by atoms with Crippen LogP contribution >= 0.6 is 11.8 Å². The molecule has 0 saturated heterocycles. The topological polar surface area (TPSA) is 47.8 Å². The zero-order chi connectivity index (χ0) is 11.8. The highest BCUT2D eigenvalue weighted by Crippen LogP contribution is 2.23. The number of fused-ring (bicyclic) bond motifs is 1. The fourth-order valence-corrected chi connectivity index (χ4v) is 2.45. The van der Waals surface area contributed by atoms with Crippen LogP contribution in [0.4, 0.5) is 4.39 Å². The second kappa shape index (κ2) is 3.96. The summed E-state index contributed by atoms with van der Waals surface area (Å²) in [6.45, 7) is 0. The molecule has 2 heterocycles. The van der Waals surface area contributed by atoms with E-state index in [1.807, 2.05) is 0 Å². The number of benzene rings is 1. The molecule has 0 aliphatic carbocycles. The Kier molecular flexibility index (Phi) is 2.44. The molecular weight excluding hydrogens is 241 g/mol. The molecular formula is C11H8FN3OS. The molecule has 0 saturated carbocycles. The van der Waals surface area contributed by atoms with Crippen LogP contribution in [0.15, 0.2) is 29.4 Å². The Bertz CT molecular complexity index is 579. The molecule has 0 spiro atoms. The summed E-state index contributed by atoms with van der Waals surface area (Å²) in [7, 11) is 0. The first-order valence-electron chi connectivity index (χ1n) is 5.09. The molecule has 0 N–H and O–H groups in total. The standard InChI is InChI=1S/C11H8FN3OS/c12-8-3-1-7(2-4-8)5-9-13-11-15(14-9)10(16)6-17-11/h1-4H,5-6H2. The van der Waals surface area contributed by atoms with Gasteiger partial charge in [0.1, 0.15) is 5.82 Å². The Morgan fingerprint density at radius 1 is 1.35 bits per heavy atom. The van der Waals surface area contributed by atoms with Gasteiger partial charge in [-0.05, 0) is 17.7 Å². The van der Waals surface area contributed by atoms with Crippen LogP contribution in [-0.4, -0.2) is 26.4 Å². The van der Waals surface area contributed by atoms with E-state index in [1.54, 1.807) is 12.1 Å². The monoisotopic (exact) mass is 249 g/mol. The van der Waals surface area contributed by atoms with Crippen molar-refractivity contribution in [1.29, 1.82) is 0 Å². The summed E-state index contributed by atoms with van der Waals surface area (Å²) in [5, 5.41) is 4.78. The maximum Gasteiger partial charge on any atom is 0.259 e. The van der Waals surface area contributed by atoms with Gasteiger partial charge in [-0.1, -0.05) is 23.9 Å². The maximum atomic E-state index is 12.7. The predicted octanol–water partition coefficient (Wildman–Crippen LogP) is 1.75. The Labute approximate surface area is 101 Å². The predicted molar refractivity (Wildman–Crippen MR) is 60.6 cm³/mol. The summed E-state index contributed by atoms with van der Waals surface area (Å²) in [6, 6.07) is 6.19. The number of aromatic nitrogens is 3. The van der Waals surface area contributed by atoms with E-state index < -0.39 is 0 Å². The minimum Gasteiger partial charge on any atom is -0.271 e. The molecule has 2 aromatic rings. The van der Waals surface area contributed by atoms with Crippen LogP contribution < -0.4 is 0 Å². The number of carbonyl (C=O) groups excluding carboxylic acids is 1. The molecule has 1 aromatic carbocycles. The minimum absolute atomic E-state index is 0.0390. The van der Waals surface area contributed by atoms with Crippen molar-refractivity contribution in [1.82, 2.24) is 14.8 Å². The number of nitrogens with zero attached hydrogens (tertiary/aromatic N) is 3. The zero-order valence-electron chi connectivity index (χ0n) is 8.76. The number of rotatable bonds is 2. The van der Waals surface area contributed by atoms with E-state index in [2.05, 4.69) is 10.1 Å². The Hall–Kier alpha value is -1.69. The van der Waals surface area contributed by atoms with Gasteiger partial charge in [-0.3, -0.25) is 4.79 Å². The number of halogens is 1. The molecule has 0 radical (unpaired) electrons. The molecule has 0 fully saturated rings. The van der Waals surface area contributed by atoms with Gasteiger partial charge in [0.2, 0.25) is 0 Å². The summed E-state index contributed by atoms with van der Waals surface area (Å²) in [5.41, 5.74) is 0.924. The Morgan fingerprint density at radius 2 is 2.12 bits per heavy atom. The molecule has 1 aliphatic heterocycles. The van der Waals surface area contributed by atoms with Crippen molar-refractivity contribution in [3.05, 3.63) is 41.5 Å². The number of hydrogen-bond acceptors (Lipinski definition) is 4. The first-order valence-corrected chi connectivity index (χ1v) is 6.07. The van der Waals surface area contributed by atoms with Gasteiger partial charge in [-0.2, -0.15) is 4.68 Å². The third kappa shape index (κ3) is 1.95. The molecule has 0 bridgehead atoms. The first kappa shape index (κ1) is 10.5. The average molecular weight is 249 g/mol. The third-order valence-electron chi connectivity index (χ3n) is 2.46. The van der Waals surface area contributed by atoms with E-state index in [4.69, 9.17) is 0 Å². The van der Waals surface area contributed by atoms with Crippen molar-refractivity contribution in [3.8, 4) is 0 Å². The van der Waals surface area contributed by atoms with Gasteiger partial charge in [0, 0.05) is 6.42 Å². The van der Waals surface area contributed by atoms with Crippen LogP contribution in [0.1, 0.15) is 16.2 Å². The molecule has 0 unspecified atom stereocenters. The van der Waals surface area contributed by atoms with Crippen LogP contribution in [0.2, 0.25) is 0 Å². The SMILES string of the molecule is O=C1CSc2nc(Cc3ccc(F)cc3)nn21. The number of thioether (sulfide) groups is 1. The average Bonchev–Trinajstić information content (AvgIpc) is 2.85. The van der Waals surface area contributed by atoms with Crippen molar-refractivity contribution in [3.63, 3.8) is 0 Å². The van der Waals surface area contributed by atoms with Gasteiger partial charge >= 0.3 is 0 Å². The largest absolute Gasteiger partial charge is 0.271 e. The summed E-state index contributed by atoms with van der Waals surface area (Å²) < 4.78 is 14.1.